The van der Waals surface area contributed by atoms with Crippen molar-refractivity contribution in [1.29, 1.82) is 0 Å². The summed E-state index contributed by atoms with van der Waals surface area (Å²) in [5.74, 6) is 1.47. The van der Waals surface area contributed by atoms with Crippen LogP contribution in [0.15, 0.2) is 34.9 Å². The van der Waals surface area contributed by atoms with Gasteiger partial charge >= 0.3 is 0 Å². The fourth-order valence-electron chi connectivity index (χ4n) is 2.22. The maximum atomic E-state index is 12.9. The van der Waals surface area contributed by atoms with Crippen molar-refractivity contribution in [1.82, 2.24) is 10.3 Å². The third-order valence-electron chi connectivity index (χ3n) is 3.53. The molecule has 0 aliphatic heterocycles. The second-order valence-electron chi connectivity index (χ2n) is 6.01. The molecule has 0 bridgehead atoms. The van der Waals surface area contributed by atoms with Gasteiger partial charge in [0.15, 0.2) is 11.7 Å². The minimum absolute atomic E-state index is 0.00953. The lowest BCUT2D eigenvalue weighted by molar-refractivity contribution is -0.121. The van der Waals surface area contributed by atoms with Crippen molar-refractivity contribution in [3.8, 4) is 11.3 Å². The van der Waals surface area contributed by atoms with Crippen LogP contribution in [0.3, 0.4) is 0 Å². The summed E-state index contributed by atoms with van der Waals surface area (Å²) in [5.41, 5.74) is 0.767. The van der Waals surface area contributed by atoms with Crippen LogP contribution in [0.25, 0.3) is 11.3 Å². The summed E-state index contributed by atoms with van der Waals surface area (Å²) in [6.07, 6.45) is 4.52. The summed E-state index contributed by atoms with van der Waals surface area (Å²) in [6.45, 7) is 5.05. The van der Waals surface area contributed by atoms with Crippen molar-refractivity contribution in [3.05, 3.63) is 42.2 Å². The van der Waals surface area contributed by atoms with Gasteiger partial charge in [-0.2, -0.15) is 0 Å². The molecule has 1 N–H and O–H groups in total. The summed E-state index contributed by atoms with van der Waals surface area (Å²) in [7, 11) is 0. The van der Waals surface area contributed by atoms with Gasteiger partial charge in [-0.15, -0.1) is 0 Å². The highest BCUT2D eigenvalue weighted by Crippen LogP contribution is 2.21. The Morgan fingerprint density at radius 1 is 1.30 bits per heavy atom. The highest BCUT2D eigenvalue weighted by molar-refractivity contribution is 5.75. The first-order valence-corrected chi connectivity index (χ1v) is 8.02. The number of aryl methyl sites for hydroxylation is 1. The number of benzene rings is 1. The zero-order valence-corrected chi connectivity index (χ0v) is 13.6. The number of oxazole rings is 1. The molecule has 0 fully saturated rings. The molecule has 124 valence electrons. The minimum Gasteiger partial charge on any atom is -0.441 e. The smallest absolute Gasteiger partial charge is 0.220 e. The first-order chi connectivity index (χ1) is 11.0. The van der Waals surface area contributed by atoms with Gasteiger partial charge in [0.1, 0.15) is 5.82 Å². The number of hydrogen-bond donors (Lipinski definition) is 1. The molecule has 0 saturated carbocycles. The monoisotopic (exact) mass is 318 g/mol. The molecule has 0 atom stereocenters. The number of aromatic nitrogens is 1. The van der Waals surface area contributed by atoms with E-state index in [2.05, 4.69) is 24.1 Å². The standard InChI is InChI=1S/C18H23FN2O2/c1-13(2)4-3-11-20-17(22)9-10-18-21-12-16(23-18)14-5-7-15(19)8-6-14/h5-8,12-13H,3-4,9-11H2,1-2H3,(H,20,22). The SMILES string of the molecule is CC(C)CCCNC(=O)CCc1ncc(-c2ccc(F)cc2)o1. The number of carbonyl (C=O) groups excluding carboxylic acids is 1. The van der Waals surface area contributed by atoms with Crippen molar-refractivity contribution in [2.45, 2.75) is 39.5 Å². The van der Waals surface area contributed by atoms with Crippen LogP contribution in [0.4, 0.5) is 4.39 Å². The van der Waals surface area contributed by atoms with Crippen molar-refractivity contribution in [2.75, 3.05) is 6.54 Å². The van der Waals surface area contributed by atoms with Gasteiger partial charge in [0.25, 0.3) is 0 Å². The Morgan fingerprint density at radius 3 is 2.74 bits per heavy atom. The zero-order chi connectivity index (χ0) is 16.7. The van der Waals surface area contributed by atoms with Crippen molar-refractivity contribution in [2.24, 2.45) is 5.92 Å². The number of carbonyl (C=O) groups is 1. The van der Waals surface area contributed by atoms with Gasteiger partial charge in [-0.05, 0) is 43.0 Å². The number of halogens is 1. The zero-order valence-electron chi connectivity index (χ0n) is 13.6. The molecule has 2 aromatic rings. The Hall–Kier alpha value is -2.17. The summed E-state index contributed by atoms with van der Waals surface area (Å²) in [4.78, 5) is 15.9. The molecule has 4 nitrogen and oxygen atoms in total. The van der Waals surface area contributed by atoms with E-state index in [0.717, 1.165) is 18.4 Å². The normalized spacial score (nSPS) is 11.0. The molecular formula is C18H23FN2O2. The van der Waals surface area contributed by atoms with Crippen LogP contribution in [0, 0.1) is 11.7 Å². The van der Waals surface area contributed by atoms with Crippen molar-refractivity contribution >= 4 is 5.91 Å². The lowest BCUT2D eigenvalue weighted by Gasteiger charge is -2.06. The van der Waals surface area contributed by atoms with Crippen LogP contribution >= 0.6 is 0 Å². The summed E-state index contributed by atoms with van der Waals surface area (Å²) in [6, 6.07) is 6.03. The molecule has 0 aliphatic rings. The number of rotatable bonds is 8. The molecular weight excluding hydrogens is 295 g/mol. The molecule has 23 heavy (non-hydrogen) atoms. The fourth-order valence-corrected chi connectivity index (χ4v) is 2.22. The van der Waals surface area contributed by atoms with E-state index in [9.17, 15) is 9.18 Å². The van der Waals surface area contributed by atoms with Gasteiger partial charge in [-0.25, -0.2) is 9.37 Å². The third kappa shape index (κ3) is 5.85. The van der Waals surface area contributed by atoms with Crippen molar-refractivity contribution in [3.63, 3.8) is 0 Å². The van der Waals surface area contributed by atoms with E-state index in [1.165, 1.54) is 12.1 Å². The molecule has 1 heterocycles. The maximum Gasteiger partial charge on any atom is 0.220 e. The van der Waals surface area contributed by atoms with Crippen LogP contribution in [0.1, 0.15) is 39.0 Å². The van der Waals surface area contributed by atoms with E-state index < -0.39 is 0 Å². The Bertz CT molecular complexity index is 620. The Morgan fingerprint density at radius 2 is 2.04 bits per heavy atom. The summed E-state index contributed by atoms with van der Waals surface area (Å²) in [5, 5.41) is 2.90. The summed E-state index contributed by atoms with van der Waals surface area (Å²) >= 11 is 0. The topological polar surface area (TPSA) is 55.1 Å². The van der Waals surface area contributed by atoms with Crippen molar-refractivity contribution < 1.29 is 13.6 Å². The van der Waals surface area contributed by atoms with Gasteiger partial charge in [-0.1, -0.05) is 13.8 Å². The highest BCUT2D eigenvalue weighted by atomic mass is 19.1. The second-order valence-corrected chi connectivity index (χ2v) is 6.01. The van der Waals surface area contributed by atoms with Crippen LogP contribution in [-0.4, -0.2) is 17.4 Å². The van der Waals surface area contributed by atoms with Gasteiger partial charge in [-0.3, -0.25) is 4.79 Å². The number of hydrogen-bond acceptors (Lipinski definition) is 3. The van der Waals surface area contributed by atoms with Crippen LogP contribution in [0.5, 0.6) is 0 Å². The fraction of sp³-hybridized carbons (Fsp3) is 0.444. The molecule has 0 aliphatic carbocycles. The molecule has 1 aromatic carbocycles. The van der Waals surface area contributed by atoms with Gasteiger partial charge in [0, 0.05) is 24.9 Å². The molecule has 2 rings (SSSR count). The van der Waals surface area contributed by atoms with E-state index >= 15 is 0 Å². The van der Waals surface area contributed by atoms with Gasteiger partial charge in [0.05, 0.1) is 6.20 Å². The van der Waals surface area contributed by atoms with E-state index in [1.54, 1.807) is 18.3 Å². The quantitative estimate of drug-likeness (QED) is 0.749. The molecule has 1 aromatic heterocycles. The van der Waals surface area contributed by atoms with Crippen LogP contribution in [-0.2, 0) is 11.2 Å². The van der Waals surface area contributed by atoms with E-state index in [4.69, 9.17) is 4.42 Å². The molecule has 0 radical (unpaired) electrons. The molecule has 0 saturated heterocycles. The molecule has 1 amide bonds. The van der Waals surface area contributed by atoms with E-state index in [-0.39, 0.29) is 11.7 Å². The van der Waals surface area contributed by atoms with Crippen LogP contribution < -0.4 is 5.32 Å². The summed E-state index contributed by atoms with van der Waals surface area (Å²) < 4.78 is 18.5. The number of nitrogens with one attached hydrogen (secondary N) is 1. The van der Waals surface area contributed by atoms with Crippen LogP contribution in [0.2, 0.25) is 0 Å². The van der Waals surface area contributed by atoms with E-state index in [0.29, 0.717) is 37.0 Å². The van der Waals surface area contributed by atoms with Gasteiger partial charge in [0.2, 0.25) is 5.91 Å². The molecule has 5 heteroatoms. The largest absolute Gasteiger partial charge is 0.441 e. The number of amides is 1. The third-order valence-corrected chi connectivity index (χ3v) is 3.53. The predicted molar refractivity (Wildman–Crippen MR) is 87.3 cm³/mol. The van der Waals surface area contributed by atoms with E-state index in [1.807, 2.05) is 0 Å². The lowest BCUT2D eigenvalue weighted by atomic mass is 10.1. The molecule has 0 unspecified atom stereocenters. The first kappa shape index (κ1) is 17.2. The average Bonchev–Trinajstić information content (AvgIpc) is 2.99. The molecule has 0 spiro atoms. The van der Waals surface area contributed by atoms with Gasteiger partial charge < -0.3 is 9.73 Å². The Kier molecular flexibility index (Phi) is 6.32. The average molecular weight is 318 g/mol. The maximum absolute atomic E-state index is 12.9. The lowest BCUT2D eigenvalue weighted by Crippen LogP contribution is -2.24. The highest BCUT2D eigenvalue weighted by Gasteiger charge is 2.09. The second kappa shape index (κ2) is 8.46. The first-order valence-electron chi connectivity index (χ1n) is 8.02. The Labute approximate surface area is 136 Å². The minimum atomic E-state index is -0.289. The predicted octanol–water partition coefficient (Wildman–Crippen LogP) is 3.97. The Balaban J connectivity index is 1.76. The number of nitrogens with zero attached hydrogens (tertiary/aromatic N) is 1.